The Morgan fingerprint density at radius 3 is 2.35 bits per heavy atom. The molecule has 26 heavy (non-hydrogen) atoms. The van der Waals surface area contributed by atoms with Gasteiger partial charge in [-0.15, -0.1) is 0 Å². The number of halogens is 2. The van der Waals surface area contributed by atoms with E-state index in [4.69, 9.17) is 0 Å². The Morgan fingerprint density at radius 2 is 1.77 bits per heavy atom. The highest BCUT2D eigenvalue weighted by atomic mass is 32.2. The Balaban J connectivity index is 2.01. The van der Waals surface area contributed by atoms with E-state index < -0.39 is 26.6 Å². The zero-order valence-electron chi connectivity index (χ0n) is 15.2. The van der Waals surface area contributed by atoms with Crippen LogP contribution in [-0.2, 0) is 14.8 Å². The summed E-state index contributed by atoms with van der Waals surface area (Å²) in [5, 5.41) is 2.86. The number of rotatable bonds is 6. The topological polar surface area (TPSA) is 69.7 Å². The first-order valence-corrected chi connectivity index (χ1v) is 10.0. The van der Waals surface area contributed by atoms with Crippen molar-refractivity contribution >= 4 is 15.9 Å². The molecular weight excluding hydrogens is 364 g/mol. The molecule has 0 unspecified atom stereocenters. The highest BCUT2D eigenvalue weighted by Gasteiger charge is 2.33. The molecule has 1 N–H and O–H groups in total. The first-order chi connectivity index (χ1) is 12.1. The van der Waals surface area contributed by atoms with Crippen LogP contribution in [0.15, 0.2) is 23.1 Å². The summed E-state index contributed by atoms with van der Waals surface area (Å²) in [6.45, 7) is 7.25. The van der Waals surface area contributed by atoms with Crippen molar-refractivity contribution in [2.45, 2.75) is 31.7 Å². The Hall–Kier alpha value is -1.58. The number of piperazine rings is 1. The van der Waals surface area contributed by atoms with Gasteiger partial charge in [0.25, 0.3) is 0 Å². The van der Waals surface area contributed by atoms with Crippen LogP contribution < -0.4 is 5.32 Å². The lowest BCUT2D eigenvalue weighted by Gasteiger charge is -2.36. The van der Waals surface area contributed by atoms with Gasteiger partial charge in [-0.05, 0) is 31.0 Å². The average molecular weight is 389 g/mol. The van der Waals surface area contributed by atoms with Crippen LogP contribution >= 0.6 is 0 Å². The van der Waals surface area contributed by atoms with Crippen LogP contribution in [-0.4, -0.2) is 62.3 Å². The smallest absolute Gasteiger partial charge is 0.246 e. The summed E-state index contributed by atoms with van der Waals surface area (Å²) in [6, 6.07) is 1.99. The molecule has 0 saturated carbocycles. The molecule has 6 nitrogen and oxygen atoms in total. The number of benzene rings is 1. The van der Waals surface area contributed by atoms with Crippen molar-refractivity contribution in [3.8, 4) is 0 Å². The Bertz CT molecular complexity index is 748. The van der Waals surface area contributed by atoms with Crippen LogP contribution in [0.3, 0.4) is 0 Å². The van der Waals surface area contributed by atoms with Crippen LogP contribution in [0.25, 0.3) is 0 Å². The fraction of sp³-hybridized carbons (Fsp3) is 0.588. The van der Waals surface area contributed by atoms with E-state index in [0.717, 1.165) is 16.4 Å². The van der Waals surface area contributed by atoms with Gasteiger partial charge in [-0.1, -0.05) is 13.8 Å². The van der Waals surface area contributed by atoms with Crippen molar-refractivity contribution in [3.63, 3.8) is 0 Å². The minimum atomic E-state index is -4.11. The SMILES string of the molecule is CC(C)CNC(=O)[C@H](C)N1CCN(S(=O)(=O)c2cc(F)ccc2F)CC1. The summed E-state index contributed by atoms with van der Waals surface area (Å²) in [5.74, 6) is -1.55. The first-order valence-electron chi connectivity index (χ1n) is 8.60. The molecule has 1 saturated heterocycles. The molecule has 1 aliphatic rings. The highest BCUT2D eigenvalue weighted by Crippen LogP contribution is 2.22. The molecule has 0 aliphatic carbocycles. The summed E-state index contributed by atoms with van der Waals surface area (Å²) < 4.78 is 53.4. The average Bonchev–Trinajstić information content (AvgIpc) is 2.61. The minimum Gasteiger partial charge on any atom is -0.354 e. The molecular formula is C17H25F2N3O3S. The maximum absolute atomic E-state index is 13.8. The number of hydrogen-bond acceptors (Lipinski definition) is 4. The molecule has 1 aromatic carbocycles. The van der Waals surface area contributed by atoms with E-state index in [9.17, 15) is 22.0 Å². The van der Waals surface area contributed by atoms with Gasteiger partial charge in [-0.3, -0.25) is 9.69 Å². The molecule has 0 bridgehead atoms. The molecule has 1 heterocycles. The normalized spacial score (nSPS) is 18.1. The van der Waals surface area contributed by atoms with Gasteiger partial charge < -0.3 is 5.32 Å². The maximum Gasteiger partial charge on any atom is 0.246 e. The van der Waals surface area contributed by atoms with Gasteiger partial charge in [0, 0.05) is 32.7 Å². The van der Waals surface area contributed by atoms with Gasteiger partial charge >= 0.3 is 0 Å². The second-order valence-corrected chi connectivity index (χ2v) is 8.74. The van der Waals surface area contributed by atoms with E-state index in [1.165, 1.54) is 0 Å². The van der Waals surface area contributed by atoms with Gasteiger partial charge in [0.2, 0.25) is 15.9 Å². The van der Waals surface area contributed by atoms with Crippen LogP contribution in [0.5, 0.6) is 0 Å². The van der Waals surface area contributed by atoms with Crippen molar-refractivity contribution in [3.05, 3.63) is 29.8 Å². The molecule has 9 heteroatoms. The summed E-state index contributed by atoms with van der Waals surface area (Å²) in [6.07, 6.45) is 0. The molecule has 1 aromatic rings. The summed E-state index contributed by atoms with van der Waals surface area (Å²) >= 11 is 0. The number of nitrogens with zero attached hydrogens (tertiary/aromatic N) is 2. The van der Waals surface area contributed by atoms with Gasteiger partial charge in [0.05, 0.1) is 6.04 Å². The Labute approximate surface area is 153 Å². The molecule has 1 aliphatic heterocycles. The van der Waals surface area contributed by atoms with Crippen molar-refractivity contribution in [2.75, 3.05) is 32.7 Å². The van der Waals surface area contributed by atoms with Crippen molar-refractivity contribution < 1.29 is 22.0 Å². The van der Waals surface area contributed by atoms with E-state index in [1.807, 2.05) is 18.7 Å². The summed E-state index contributed by atoms with van der Waals surface area (Å²) in [7, 11) is -4.11. The molecule has 1 atom stereocenters. The highest BCUT2D eigenvalue weighted by molar-refractivity contribution is 7.89. The number of sulfonamides is 1. The van der Waals surface area contributed by atoms with Gasteiger partial charge in [0.1, 0.15) is 16.5 Å². The van der Waals surface area contributed by atoms with Crippen molar-refractivity contribution in [1.29, 1.82) is 0 Å². The fourth-order valence-electron chi connectivity index (χ4n) is 2.76. The lowest BCUT2D eigenvalue weighted by Crippen LogP contribution is -2.55. The maximum atomic E-state index is 13.8. The van der Waals surface area contributed by atoms with Gasteiger partial charge in [-0.25, -0.2) is 17.2 Å². The molecule has 2 rings (SSSR count). The zero-order chi connectivity index (χ0) is 19.5. The van der Waals surface area contributed by atoms with E-state index in [1.54, 1.807) is 6.92 Å². The lowest BCUT2D eigenvalue weighted by molar-refractivity contribution is -0.126. The lowest BCUT2D eigenvalue weighted by atomic mass is 10.2. The van der Waals surface area contributed by atoms with E-state index >= 15 is 0 Å². The monoisotopic (exact) mass is 389 g/mol. The first kappa shape index (κ1) is 20.7. The van der Waals surface area contributed by atoms with E-state index in [-0.39, 0.29) is 25.0 Å². The van der Waals surface area contributed by atoms with Crippen molar-refractivity contribution in [1.82, 2.24) is 14.5 Å². The van der Waals surface area contributed by atoms with E-state index in [2.05, 4.69) is 5.32 Å². The van der Waals surface area contributed by atoms with Crippen LogP contribution in [0.1, 0.15) is 20.8 Å². The third-order valence-corrected chi connectivity index (χ3v) is 6.31. The minimum absolute atomic E-state index is 0.105. The molecule has 1 amide bonds. The summed E-state index contributed by atoms with van der Waals surface area (Å²) in [5.41, 5.74) is 0. The number of nitrogens with one attached hydrogen (secondary N) is 1. The van der Waals surface area contributed by atoms with Crippen LogP contribution in [0, 0.1) is 17.6 Å². The number of carbonyl (C=O) groups excluding carboxylic acids is 1. The number of carbonyl (C=O) groups is 1. The predicted octanol–water partition coefficient (Wildman–Crippen LogP) is 1.43. The Morgan fingerprint density at radius 1 is 1.15 bits per heavy atom. The second kappa shape index (κ2) is 8.41. The molecule has 0 aromatic heterocycles. The Kier molecular flexibility index (Phi) is 6.70. The summed E-state index contributed by atoms with van der Waals surface area (Å²) in [4.78, 5) is 13.4. The van der Waals surface area contributed by atoms with Crippen molar-refractivity contribution in [2.24, 2.45) is 5.92 Å². The predicted molar refractivity (Wildman–Crippen MR) is 94.0 cm³/mol. The standard InChI is InChI=1S/C17H25F2N3O3S/c1-12(2)11-20-17(23)13(3)21-6-8-22(9-7-21)26(24,25)16-10-14(18)4-5-15(16)19/h4-5,10,12-13H,6-9,11H2,1-3H3,(H,20,23)/t13-/m0/s1. The molecule has 0 radical (unpaired) electrons. The molecule has 0 spiro atoms. The zero-order valence-corrected chi connectivity index (χ0v) is 16.0. The fourth-order valence-corrected chi connectivity index (χ4v) is 4.26. The van der Waals surface area contributed by atoms with E-state index in [0.29, 0.717) is 31.6 Å². The van der Waals surface area contributed by atoms with Crippen LogP contribution in [0.4, 0.5) is 8.78 Å². The third-order valence-electron chi connectivity index (χ3n) is 4.40. The third kappa shape index (κ3) is 4.77. The largest absolute Gasteiger partial charge is 0.354 e. The second-order valence-electron chi connectivity index (χ2n) is 6.83. The van der Waals surface area contributed by atoms with Gasteiger partial charge in [0.15, 0.2) is 0 Å². The molecule has 146 valence electrons. The van der Waals surface area contributed by atoms with Gasteiger partial charge in [-0.2, -0.15) is 4.31 Å². The molecule has 1 fully saturated rings. The number of amides is 1. The number of hydrogen-bond donors (Lipinski definition) is 1. The van der Waals surface area contributed by atoms with Crippen LogP contribution in [0.2, 0.25) is 0 Å². The quantitative estimate of drug-likeness (QED) is 0.799.